The number of rotatable bonds is 2. The quantitative estimate of drug-likeness (QED) is 0.716. The first-order valence-corrected chi connectivity index (χ1v) is 8.96. The first-order valence-electron chi connectivity index (χ1n) is 8.18. The number of hydrogen-bond acceptors (Lipinski definition) is 4. The van der Waals surface area contributed by atoms with Crippen LogP contribution in [0.3, 0.4) is 0 Å². The van der Waals surface area contributed by atoms with Crippen LogP contribution >= 0.6 is 11.5 Å². The summed E-state index contributed by atoms with van der Waals surface area (Å²) in [7, 11) is 0. The Labute approximate surface area is 145 Å². The maximum Gasteiger partial charge on any atom is 0.254 e. The molecule has 1 saturated heterocycles. The minimum absolute atomic E-state index is 0.112. The van der Waals surface area contributed by atoms with Crippen molar-refractivity contribution in [3.05, 3.63) is 60.3 Å². The topological polar surface area (TPSA) is 36.4 Å². The highest BCUT2D eigenvalue weighted by Gasteiger charge is 2.29. The van der Waals surface area contributed by atoms with E-state index in [1.807, 2.05) is 29.2 Å². The zero-order valence-corrected chi connectivity index (χ0v) is 14.4. The number of anilines is 1. The van der Waals surface area contributed by atoms with E-state index in [9.17, 15) is 4.79 Å². The molecule has 1 unspecified atom stereocenters. The number of amides is 1. The summed E-state index contributed by atoms with van der Waals surface area (Å²) < 4.78 is 5.29. The van der Waals surface area contributed by atoms with Crippen LogP contribution in [0.1, 0.15) is 17.3 Å². The lowest BCUT2D eigenvalue weighted by Crippen LogP contribution is -2.54. The van der Waals surface area contributed by atoms with E-state index in [4.69, 9.17) is 0 Å². The van der Waals surface area contributed by atoms with Gasteiger partial charge in [0.05, 0.1) is 4.70 Å². The molecule has 0 radical (unpaired) electrons. The fourth-order valence-corrected chi connectivity index (χ4v) is 4.04. The molecule has 3 aromatic rings. The van der Waals surface area contributed by atoms with E-state index < -0.39 is 0 Å². The monoisotopic (exact) mass is 337 g/mol. The Morgan fingerprint density at radius 1 is 1.12 bits per heavy atom. The second-order valence-corrected chi connectivity index (χ2v) is 7.01. The number of piperazine rings is 1. The number of fused-ring (bicyclic) bond motifs is 1. The van der Waals surface area contributed by atoms with E-state index in [1.54, 1.807) is 6.20 Å². The molecule has 24 heavy (non-hydrogen) atoms. The molecule has 0 spiro atoms. The number of benzene rings is 2. The second-order valence-electron chi connectivity index (χ2n) is 6.17. The average Bonchev–Trinajstić information content (AvgIpc) is 3.10. The molecule has 1 aromatic heterocycles. The van der Waals surface area contributed by atoms with Crippen molar-refractivity contribution < 1.29 is 4.79 Å². The third-order valence-corrected chi connectivity index (χ3v) is 5.40. The van der Waals surface area contributed by atoms with Crippen molar-refractivity contribution in [2.24, 2.45) is 0 Å². The van der Waals surface area contributed by atoms with Gasteiger partial charge < -0.3 is 9.80 Å². The van der Waals surface area contributed by atoms with Crippen LogP contribution in [0.2, 0.25) is 0 Å². The van der Waals surface area contributed by atoms with Crippen molar-refractivity contribution in [1.82, 2.24) is 9.27 Å². The van der Waals surface area contributed by atoms with Gasteiger partial charge in [-0.25, -0.2) is 0 Å². The summed E-state index contributed by atoms with van der Waals surface area (Å²) in [4.78, 5) is 17.4. The number of aromatic nitrogens is 1. The highest BCUT2D eigenvalue weighted by molar-refractivity contribution is 7.13. The Hall–Kier alpha value is -2.40. The average molecular weight is 337 g/mol. The van der Waals surface area contributed by atoms with Gasteiger partial charge in [-0.15, -0.1) is 0 Å². The van der Waals surface area contributed by atoms with Gasteiger partial charge in [0.2, 0.25) is 0 Å². The Bertz CT molecular complexity index is 861. The van der Waals surface area contributed by atoms with E-state index in [0.29, 0.717) is 0 Å². The molecule has 1 atom stereocenters. The minimum atomic E-state index is 0.112. The molecule has 4 nitrogen and oxygen atoms in total. The summed E-state index contributed by atoms with van der Waals surface area (Å²) in [5.41, 5.74) is 1.99. The molecule has 4 rings (SSSR count). The molecule has 0 N–H and O–H groups in total. The zero-order valence-electron chi connectivity index (χ0n) is 13.6. The molecule has 2 aromatic carbocycles. The molecule has 122 valence electrons. The van der Waals surface area contributed by atoms with Crippen LogP contribution in [0.15, 0.2) is 54.7 Å². The van der Waals surface area contributed by atoms with E-state index in [1.165, 1.54) is 17.2 Å². The first kappa shape index (κ1) is 15.1. The number of para-hydroxylation sites is 1. The maximum atomic E-state index is 13.0. The van der Waals surface area contributed by atoms with Gasteiger partial charge in [0, 0.05) is 48.5 Å². The molecule has 2 heterocycles. The third kappa shape index (κ3) is 2.65. The lowest BCUT2D eigenvalue weighted by molar-refractivity contribution is 0.0676. The number of hydrogen-bond donors (Lipinski definition) is 0. The number of nitrogens with zero attached hydrogens (tertiary/aromatic N) is 3. The molecule has 0 aliphatic carbocycles. The summed E-state index contributed by atoms with van der Waals surface area (Å²) in [6.45, 7) is 4.58. The third-order valence-electron chi connectivity index (χ3n) is 4.64. The van der Waals surface area contributed by atoms with Crippen LogP contribution in [0, 0.1) is 0 Å². The normalized spacial score (nSPS) is 18.1. The van der Waals surface area contributed by atoms with Crippen LogP contribution in [-0.2, 0) is 0 Å². The molecule has 5 heteroatoms. The SMILES string of the molecule is CC1CN(c2ccccc2)CCN1C(=O)c1cccc2sncc12. The van der Waals surface area contributed by atoms with Gasteiger partial charge in [-0.05, 0) is 42.7 Å². The number of carbonyl (C=O) groups is 1. The lowest BCUT2D eigenvalue weighted by Gasteiger charge is -2.41. The fraction of sp³-hybridized carbons (Fsp3) is 0.263. The van der Waals surface area contributed by atoms with Gasteiger partial charge in [0.1, 0.15) is 0 Å². The van der Waals surface area contributed by atoms with Crippen molar-refractivity contribution in [2.45, 2.75) is 13.0 Å². The minimum Gasteiger partial charge on any atom is -0.368 e. The Kier molecular flexibility index (Phi) is 3.94. The van der Waals surface area contributed by atoms with Crippen molar-refractivity contribution >= 4 is 33.2 Å². The van der Waals surface area contributed by atoms with Crippen molar-refractivity contribution in [2.75, 3.05) is 24.5 Å². The smallest absolute Gasteiger partial charge is 0.254 e. The predicted molar refractivity (Wildman–Crippen MR) is 98.8 cm³/mol. The summed E-state index contributed by atoms with van der Waals surface area (Å²) in [6, 6.07) is 16.4. The highest BCUT2D eigenvalue weighted by Crippen LogP contribution is 2.25. The Morgan fingerprint density at radius 3 is 2.75 bits per heavy atom. The van der Waals surface area contributed by atoms with Crippen LogP contribution in [0.25, 0.3) is 10.1 Å². The first-order chi connectivity index (χ1) is 11.7. The van der Waals surface area contributed by atoms with Crippen molar-refractivity contribution in [1.29, 1.82) is 0 Å². The molecule has 1 aliphatic rings. The van der Waals surface area contributed by atoms with Gasteiger partial charge in [-0.1, -0.05) is 24.3 Å². The van der Waals surface area contributed by atoms with Crippen LogP contribution in [0.5, 0.6) is 0 Å². The van der Waals surface area contributed by atoms with E-state index in [2.05, 4.69) is 40.5 Å². The molecular weight excluding hydrogens is 318 g/mol. The van der Waals surface area contributed by atoms with Crippen LogP contribution in [0.4, 0.5) is 5.69 Å². The maximum absolute atomic E-state index is 13.0. The largest absolute Gasteiger partial charge is 0.368 e. The number of carbonyl (C=O) groups excluding carboxylic acids is 1. The zero-order chi connectivity index (χ0) is 16.5. The van der Waals surface area contributed by atoms with Gasteiger partial charge in [-0.3, -0.25) is 4.79 Å². The Balaban J connectivity index is 1.55. The fourth-order valence-electron chi connectivity index (χ4n) is 3.37. The van der Waals surface area contributed by atoms with Crippen LogP contribution in [-0.4, -0.2) is 40.9 Å². The van der Waals surface area contributed by atoms with E-state index >= 15 is 0 Å². The summed E-state index contributed by atoms with van der Waals surface area (Å²) in [5.74, 6) is 0.112. The van der Waals surface area contributed by atoms with Crippen LogP contribution < -0.4 is 4.90 Å². The summed E-state index contributed by atoms with van der Waals surface area (Å²) >= 11 is 1.44. The predicted octanol–water partition coefficient (Wildman–Crippen LogP) is 3.65. The van der Waals surface area contributed by atoms with Crippen molar-refractivity contribution in [3.63, 3.8) is 0 Å². The van der Waals surface area contributed by atoms with Gasteiger partial charge >= 0.3 is 0 Å². The molecule has 1 aliphatic heterocycles. The summed E-state index contributed by atoms with van der Waals surface area (Å²) in [6.07, 6.45) is 1.80. The van der Waals surface area contributed by atoms with E-state index in [-0.39, 0.29) is 11.9 Å². The van der Waals surface area contributed by atoms with E-state index in [0.717, 1.165) is 35.3 Å². The van der Waals surface area contributed by atoms with Gasteiger partial charge in [-0.2, -0.15) is 4.37 Å². The van der Waals surface area contributed by atoms with Gasteiger partial charge in [0.15, 0.2) is 0 Å². The highest BCUT2D eigenvalue weighted by atomic mass is 32.1. The molecular formula is C19H19N3OS. The standard InChI is InChI=1S/C19H19N3OS/c1-14-13-21(15-6-3-2-4-7-15)10-11-22(14)19(23)16-8-5-9-18-17(16)12-20-24-18/h2-9,12,14H,10-11,13H2,1H3. The Morgan fingerprint density at radius 2 is 1.96 bits per heavy atom. The molecule has 1 amide bonds. The second kappa shape index (κ2) is 6.24. The lowest BCUT2D eigenvalue weighted by atomic mass is 10.1. The summed E-state index contributed by atoms with van der Waals surface area (Å²) in [5, 5.41) is 0.963. The molecule has 1 fully saturated rings. The molecule has 0 bridgehead atoms. The molecule has 0 saturated carbocycles. The van der Waals surface area contributed by atoms with Crippen molar-refractivity contribution in [3.8, 4) is 0 Å². The van der Waals surface area contributed by atoms with Gasteiger partial charge in [0.25, 0.3) is 5.91 Å².